The molecule has 0 spiro atoms. The van der Waals surface area contributed by atoms with Gasteiger partial charge in [-0.05, 0) is 65.5 Å². The molecular formula is C30H40N4O8S2. The molecule has 2 aromatic heterocycles. The van der Waals surface area contributed by atoms with Crippen molar-refractivity contribution < 1.29 is 38.1 Å². The normalized spacial score (nSPS) is 15.3. The molecule has 12 nitrogen and oxygen atoms in total. The number of rotatable bonds is 4. The van der Waals surface area contributed by atoms with Crippen LogP contribution in [0.15, 0.2) is 24.5 Å². The minimum Gasteiger partial charge on any atom is -0.465 e. The molecule has 0 saturated heterocycles. The van der Waals surface area contributed by atoms with Gasteiger partial charge in [0.1, 0.15) is 31.0 Å². The number of carbonyl (C=O) groups excluding carboxylic acids is 4. The third-order valence-electron chi connectivity index (χ3n) is 6.06. The number of aromatic nitrogens is 2. The van der Waals surface area contributed by atoms with Gasteiger partial charge in [-0.3, -0.25) is 0 Å². The summed E-state index contributed by atoms with van der Waals surface area (Å²) in [5, 5.41) is 1.59. The Labute approximate surface area is 265 Å². The number of methoxy groups -OCH3 is 2. The van der Waals surface area contributed by atoms with E-state index in [0.29, 0.717) is 48.8 Å². The van der Waals surface area contributed by atoms with Crippen LogP contribution < -0.4 is 0 Å². The molecule has 2 aliphatic heterocycles. The average Bonchev–Trinajstić information content (AvgIpc) is 3.66. The van der Waals surface area contributed by atoms with Crippen molar-refractivity contribution in [2.45, 2.75) is 65.6 Å². The molecular weight excluding hydrogens is 608 g/mol. The van der Waals surface area contributed by atoms with Gasteiger partial charge in [0.25, 0.3) is 0 Å². The molecule has 0 N–H and O–H groups in total. The lowest BCUT2D eigenvalue weighted by molar-refractivity contribution is 0.0260. The molecule has 0 unspecified atom stereocenters. The number of nitrogens with zero attached hydrogens (tertiary/aromatic N) is 4. The highest BCUT2D eigenvalue weighted by Crippen LogP contribution is 2.28. The average molecular weight is 649 g/mol. The number of thiazole rings is 2. The molecule has 0 aliphatic carbocycles. The van der Waals surface area contributed by atoms with Gasteiger partial charge < -0.3 is 28.7 Å². The highest BCUT2D eigenvalue weighted by Gasteiger charge is 2.26. The Kier molecular flexibility index (Phi) is 11.7. The zero-order chi connectivity index (χ0) is 32.7. The van der Waals surface area contributed by atoms with Crippen LogP contribution in [0.25, 0.3) is 11.1 Å². The first kappa shape index (κ1) is 34.7. The molecule has 0 aromatic carbocycles. The van der Waals surface area contributed by atoms with Gasteiger partial charge in [0.15, 0.2) is 0 Å². The van der Waals surface area contributed by atoms with Gasteiger partial charge in [0.05, 0.1) is 26.6 Å². The van der Waals surface area contributed by atoms with Crippen LogP contribution in [0.2, 0.25) is 0 Å². The van der Waals surface area contributed by atoms with Crippen molar-refractivity contribution in [3.05, 3.63) is 44.3 Å². The molecule has 4 heterocycles. The van der Waals surface area contributed by atoms with Gasteiger partial charge >= 0.3 is 24.1 Å². The van der Waals surface area contributed by atoms with E-state index in [1.165, 1.54) is 49.3 Å². The quantitative estimate of drug-likeness (QED) is 0.291. The third kappa shape index (κ3) is 10.2. The van der Waals surface area contributed by atoms with Gasteiger partial charge in [-0.15, -0.1) is 22.7 Å². The Morgan fingerprint density at radius 3 is 1.32 bits per heavy atom. The zero-order valence-corrected chi connectivity index (χ0v) is 28.1. The highest BCUT2D eigenvalue weighted by atomic mass is 32.1. The molecule has 44 heavy (non-hydrogen) atoms. The monoisotopic (exact) mass is 648 g/mol. The second-order valence-electron chi connectivity index (χ2n) is 11.9. The number of amides is 2. The standard InChI is InChI=1S/2C15H20N2O4S/c2*1-15(2,3)21-14(19)17-7-5-10(6-8-17)12-16-9-11(22-12)13(18)20-4/h2*5,9H,6-8H2,1-4H3. The topological polar surface area (TPSA) is 137 Å². The number of hydrogen-bond acceptors (Lipinski definition) is 12. The predicted molar refractivity (Wildman–Crippen MR) is 168 cm³/mol. The van der Waals surface area contributed by atoms with Crippen molar-refractivity contribution in [2.24, 2.45) is 0 Å². The van der Waals surface area contributed by atoms with Gasteiger partial charge in [-0.25, -0.2) is 29.1 Å². The summed E-state index contributed by atoms with van der Waals surface area (Å²) < 4.78 is 20.1. The van der Waals surface area contributed by atoms with Crippen LogP contribution in [0.5, 0.6) is 0 Å². The molecule has 4 rings (SSSR count). The van der Waals surface area contributed by atoms with E-state index in [0.717, 1.165) is 21.2 Å². The van der Waals surface area contributed by atoms with Crippen LogP contribution >= 0.6 is 22.7 Å². The van der Waals surface area contributed by atoms with Gasteiger partial charge in [-0.2, -0.15) is 0 Å². The second-order valence-corrected chi connectivity index (χ2v) is 13.9. The first-order chi connectivity index (χ1) is 20.6. The van der Waals surface area contributed by atoms with Crippen molar-refractivity contribution in [3.63, 3.8) is 0 Å². The number of ether oxygens (including phenoxy) is 4. The van der Waals surface area contributed by atoms with E-state index in [-0.39, 0.29) is 24.1 Å². The maximum absolute atomic E-state index is 12.0. The number of carbonyl (C=O) groups is 4. The molecule has 14 heteroatoms. The van der Waals surface area contributed by atoms with Crippen molar-refractivity contribution in [1.82, 2.24) is 19.8 Å². The van der Waals surface area contributed by atoms with E-state index in [2.05, 4.69) is 19.4 Å². The van der Waals surface area contributed by atoms with Gasteiger partial charge in [0, 0.05) is 26.2 Å². The molecule has 0 bridgehead atoms. The first-order valence-electron chi connectivity index (χ1n) is 14.0. The molecule has 0 fully saturated rings. The minimum atomic E-state index is -0.494. The van der Waals surface area contributed by atoms with Crippen LogP contribution in [0.3, 0.4) is 0 Å². The summed E-state index contributed by atoms with van der Waals surface area (Å²) in [4.78, 5) is 59.6. The molecule has 0 saturated carbocycles. The first-order valence-corrected chi connectivity index (χ1v) is 15.7. The van der Waals surface area contributed by atoms with E-state index in [4.69, 9.17) is 9.47 Å². The van der Waals surface area contributed by atoms with E-state index in [9.17, 15) is 19.2 Å². The lowest BCUT2D eigenvalue weighted by Crippen LogP contribution is -2.39. The largest absolute Gasteiger partial charge is 0.465 e. The molecule has 2 amide bonds. The summed E-state index contributed by atoms with van der Waals surface area (Å²) in [5.41, 5.74) is 1.09. The van der Waals surface area contributed by atoms with Crippen LogP contribution in [0.1, 0.15) is 83.7 Å². The van der Waals surface area contributed by atoms with Crippen molar-refractivity contribution in [2.75, 3.05) is 40.4 Å². The highest BCUT2D eigenvalue weighted by molar-refractivity contribution is 7.15. The lowest BCUT2D eigenvalue weighted by atomic mass is 10.1. The summed E-state index contributed by atoms with van der Waals surface area (Å²) in [5.74, 6) is -0.758. The molecule has 0 radical (unpaired) electrons. The van der Waals surface area contributed by atoms with Crippen molar-refractivity contribution in [1.29, 1.82) is 0 Å². The summed E-state index contributed by atoms with van der Waals surface area (Å²) >= 11 is 2.61. The molecule has 0 atom stereocenters. The predicted octanol–water partition coefficient (Wildman–Crippen LogP) is 5.91. The van der Waals surface area contributed by atoms with Crippen LogP contribution in [-0.4, -0.2) is 95.5 Å². The Morgan fingerprint density at radius 2 is 1.05 bits per heavy atom. The lowest BCUT2D eigenvalue weighted by Gasteiger charge is -2.29. The maximum atomic E-state index is 12.0. The summed E-state index contributed by atoms with van der Waals surface area (Å²) in [6, 6.07) is 0. The Morgan fingerprint density at radius 1 is 0.682 bits per heavy atom. The molecule has 240 valence electrons. The maximum Gasteiger partial charge on any atom is 0.410 e. The fourth-order valence-corrected chi connectivity index (χ4v) is 5.75. The van der Waals surface area contributed by atoms with Gasteiger partial charge in [0.2, 0.25) is 0 Å². The van der Waals surface area contributed by atoms with Crippen LogP contribution in [0.4, 0.5) is 9.59 Å². The van der Waals surface area contributed by atoms with E-state index >= 15 is 0 Å². The summed E-state index contributed by atoms with van der Waals surface area (Å²) in [6.07, 6.45) is 7.70. The Bertz CT molecular complexity index is 1310. The molecule has 2 aromatic rings. The fourth-order valence-electron chi connectivity index (χ4n) is 3.95. The minimum absolute atomic E-state index is 0.308. The number of esters is 2. The summed E-state index contributed by atoms with van der Waals surface area (Å²) in [7, 11) is 2.70. The van der Waals surface area contributed by atoms with Crippen molar-refractivity contribution >= 4 is 57.9 Å². The second kappa shape index (κ2) is 14.8. The molecule has 2 aliphatic rings. The fraction of sp³-hybridized carbons (Fsp3) is 0.533. The van der Waals surface area contributed by atoms with E-state index < -0.39 is 11.2 Å². The van der Waals surface area contributed by atoms with Gasteiger partial charge in [-0.1, -0.05) is 12.2 Å². The van der Waals surface area contributed by atoms with E-state index in [1.807, 2.05) is 53.7 Å². The Hall–Kier alpha value is -3.78. The van der Waals surface area contributed by atoms with Crippen molar-refractivity contribution in [3.8, 4) is 0 Å². The van der Waals surface area contributed by atoms with Crippen LogP contribution in [0, 0.1) is 0 Å². The Balaban J connectivity index is 0.000000240. The SMILES string of the molecule is COC(=O)c1cnc(C2=CCN(C(=O)OC(C)(C)C)CC2)s1.COC(=O)c1cnc(C2=CCN(C(=O)OC(C)(C)C)CC2)s1. The van der Waals surface area contributed by atoms with Crippen LogP contribution in [-0.2, 0) is 18.9 Å². The third-order valence-corrected chi connectivity index (χ3v) is 8.16. The smallest absolute Gasteiger partial charge is 0.410 e. The summed E-state index contributed by atoms with van der Waals surface area (Å²) in [6.45, 7) is 13.2. The van der Waals surface area contributed by atoms with E-state index in [1.54, 1.807) is 9.80 Å². The zero-order valence-electron chi connectivity index (χ0n) is 26.4. The number of hydrogen-bond donors (Lipinski definition) is 0.